The molecule has 9 heteroatoms. The Morgan fingerprint density at radius 3 is 2.47 bits per heavy atom. The molecule has 0 atom stereocenters. The van der Waals surface area contributed by atoms with Crippen LogP contribution in [0.15, 0.2) is 47.4 Å². The Morgan fingerprint density at radius 2 is 1.81 bits per heavy atom. The number of hydrogen-bond donors (Lipinski definition) is 2. The summed E-state index contributed by atoms with van der Waals surface area (Å²) in [4.78, 5) is 24.4. The summed E-state index contributed by atoms with van der Waals surface area (Å²) in [6, 6.07) is 10.2. The normalized spacial score (nSPS) is 14.2. The van der Waals surface area contributed by atoms with Crippen LogP contribution in [0.2, 0.25) is 0 Å². The van der Waals surface area contributed by atoms with Gasteiger partial charge in [-0.25, -0.2) is 9.78 Å². The van der Waals surface area contributed by atoms with Crippen LogP contribution in [0, 0.1) is 0 Å². The van der Waals surface area contributed by atoms with Crippen molar-refractivity contribution < 1.29 is 13.2 Å². The molecule has 0 amide bonds. The number of anilines is 3. The molecule has 1 aliphatic heterocycles. The number of rotatable bonds is 3. The van der Waals surface area contributed by atoms with Crippen molar-refractivity contribution in [1.29, 1.82) is 0 Å². The highest BCUT2D eigenvalue weighted by Crippen LogP contribution is 2.37. The molecule has 0 saturated carbocycles. The van der Waals surface area contributed by atoms with Gasteiger partial charge in [0.1, 0.15) is 11.6 Å². The first-order valence-electron chi connectivity index (χ1n) is 10.3. The number of aromatic amines is 1. The van der Waals surface area contributed by atoms with Gasteiger partial charge in [-0.15, -0.1) is 0 Å². The SMILES string of the molecule is CC(C)(C)c1ccc(Nc2nc(=O)[nH]c3c2CCN(c2ncccc2C(F)(F)F)C3)cc1. The zero-order valence-corrected chi connectivity index (χ0v) is 18.0. The highest BCUT2D eigenvalue weighted by atomic mass is 19.4. The highest BCUT2D eigenvalue weighted by molar-refractivity contribution is 5.62. The zero-order valence-electron chi connectivity index (χ0n) is 18.0. The maximum absolute atomic E-state index is 13.4. The summed E-state index contributed by atoms with van der Waals surface area (Å²) >= 11 is 0. The van der Waals surface area contributed by atoms with Crippen molar-refractivity contribution in [2.45, 2.75) is 45.3 Å². The lowest BCUT2D eigenvalue weighted by molar-refractivity contribution is -0.137. The largest absolute Gasteiger partial charge is 0.419 e. The minimum atomic E-state index is -4.51. The number of alkyl halides is 3. The molecule has 0 fully saturated rings. The van der Waals surface area contributed by atoms with E-state index in [1.165, 1.54) is 22.7 Å². The topological polar surface area (TPSA) is 73.9 Å². The Kier molecular flexibility index (Phi) is 5.44. The molecule has 168 valence electrons. The number of fused-ring (bicyclic) bond motifs is 1. The highest BCUT2D eigenvalue weighted by Gasteiger charge is 2.36. The molecule has 0 unspecified atom stereocenters. The standard InChI is InChI=1S/C23H24F3N5O/c1-22(2,3)14-6-8-15(9-7-14)28-19-16-10-12-31(13-18(16)29-21(32)30-19)20-17(23(24,25)26)5-4-11-27-20/h4-9,11H,10,12-13H2,1-3H3,(H2,28,29,30,32). The minimum absolute atomic E-state index is 0.0179. The van der Waals surface area contributed by atoms with Crippen LogP contribution in [0.25, 0.3) is 0 Å². The van der Waals surface area contributed by atoms with Gasteiger partial charge in [0.15, 0.2) is 0 Å². The van der Waals surface area contributed by atoms with Crippen LogP contribution in [0.1, 0.15) is 43.2 Å². The predicted octanol–water partition coefficient (Wildman–Crippen LogP) is 4.79. The van der Waals surface area contributed by atoms with Crippen LogP contribution < -0.4 is 15.9 Å². The number of H-pyrrole nitrogens is 1. The Labute approximate surface area is 183 Å². The quantitative estimate of drug-likeness (QED) is 0.609. The summed E-state index contributed by atoms with van der Waals surface area (Å²) in [6.07, 6.45) is -2.76. The lowest BCUT2D eigenvalue weighted by Gasteiger charge is -2.31. The smallest absolute Gasteiger partial charge is 0.350 e. The minimum Gasteiger partial charge on any atom is -0.350 e. The zero-order chi connectivity index (χ0) is 23.1. The number of aromatic nitrogens is 3. The van der Waals surface area contributed by atoms with E-state index in [0.717, 1.165) is 17.3 Å². The molecule has 2 aromatic heterocycles. The Balaban J connectivity index is 1.63. The first-order chi connectivity index (χ1) is 15.0. The number of hydrogen-bond acceptors (Lipinski definition) is 5. The van der Waals surface area contributed by atoms with Gasteiger partial charge in [-0.05, 0) is 41.7 Å². The summed E-state index contributed by atoms with van der Waals surface area (Å²) in [5, 5.41) is 3.20. The fraction of sp³-hybridized carbons (Fsp3) is 0.348. The third-order valence-electron chi connectivity index (χ3n) is 5.51. The fourth-order valence-corrected chi connectivity index (χ4v) is 3.81. The van der Waals surface area contributed by atoms with E-state index in [9.17, 15) is 18.0 Å². The lowest BCUT2D eigenvalue weighted by atomic mass is 9.87. The Morgan fingerprint density at radius 1 is 1.09 bits per heavy atom. The number of nitrogens with zero attached hydrogens (tertiary/aromatic N) is 3. The summed E-state index contributed by atoms with van der Waals surface area (Å²) in [5.41, 5.74) is 1.94. The van der Waals surface area contributed by atoms with E-state index in [2.05, 4.69) is 41.0 Å². The average Bonchev–Trinajstić information content (AvgIpc) is 2.72. The first-order valence-corrected chi connectivity index (χ1v) is 10.3. The van der Waals surface area contributed by atoms with E-state index in [1.807, 2.05) is 24.3 Å². The summed E-state index contributed by atoms with van der Waals surface area (Å²) in [7, 11) is 0. The molecule has 32 heavy (non-hydrogen) atoms. The van der Waals surface area contributed by atoms with Crippen molar-refractivity contribution in [3.63, 3.8) is 0 Å². The lowest BCUT2D eigenvalue weighted by Crippen LogP contribution is -2.35. The predicted molar refractivity (Wildman–Crippen MR) is 117 cm³/mol. The summed E-state index contributed by atoms with van der Waals surface area (Å²) in [5.74, 6) is 0.277. The monoisotopic (exact) mass is 443 g/mol. The van der Waals surface area contributed by atoms with Crippen molar-refractivity contribution in [2.24, 2.45) is 0 Å². The van der Waals surface area contributed by atoms with Gasteiger partial charge < -0.3 is 15.2 Å². The molecule has 4 rings (SSSR count). The first kappa shape index (κ1) is 21.9. The van der Waals surface area contributed by atoms with Gasteiger partial charge in [0.2, 0.25) is 0 Å². The van der Waals surface area contributed by atoms with Crippen LogP contribution >= 0.6 is 0 Å². The molecule has 1 aromatic carbocycles. The molecular formula is C23H24F3N5O. The number of benzene rings is 1. The molecule has 0 radical (unpaired) electrons. The fourth-order valence-electron chi connectivity index (χ4n) is 3.81. The van der Waals surface area contributed by atoms with E-state index in [-0.39, 0.29) is 17.8 Å². The Hall–Kier alpha value is -3.36. The van der Waals surface area contributed by atoms with Crippen molar-refractivity contribution in [3.8, 4) is 0 Å². The van der Waals surface area contributed by atoms with Crippen LogP contribution in [-0.2, 0) is 24.6 Å². The summed E-state index contributed by atoms with van der Waals surface area (Å²) in [6.45, 7) is 6.80. The van der Waals surface area contributed by atoms with Crippen molar-refractivity contribution in [2.75, 3.05) is 16.8 Å². The molecular weight excluding hydrogens is 419 g/mol. The molecule has 3 heterocycles. The number of pyridine rings is 1. The van der Waals surface area contributed by atoms with Crippen LogP contribution in [0.4, 0.5) is 30.5 Å². The van der Waals surface area contributed by atoms with Gasteiger partial charge in [-0.3, -0.25) is 0 Å². The number of halogens is 3. The van der Waals surface area contributed by atoms with Gasteiger partial charge in [0.25, 0.3) is 0 Å². The van der Waals surface area contributed by atoms with Crippen LogP contribution in [0.5, 0.6) is 0 Å². The molecule has 0 aliphatic carbocycles. The molecule has 3 aromatic rings. The second kappa shape index (κ2) is 7.96. The third-order valence-corrected chi connectivity index (χ3v) is 5.51. The van der Waals surface area contributed by atoms with Crippen LogP contribution in [0.3, 0.4) is 0 Å². The average molecular weight is 443 g/mol. The van der Waals surface area contributed by atoms with Gasteiger partial charge in [-0.1, -0.05) is 32.9 Å². The summed E-state index contributed by atoms with van der Waals surface area (Å²) < 4.78 is 40.3. The molecule has 0 spiro atoms. The van der Waals surface area contributed by atoms with Crippen molar-refractivity contribution >= 4 is 17.3 Å². The second-order valence-electron chi connectivity index (χ2n) is 8.84. The molecule has 1 aliphatic rings. The molecule has 0 bridgehead atoms. The van der Waals surface area contributed by atoms with E-state index in [4.69, 9.17) is 0 Å². The van der Waals surface area contributed by atoms with Crippen molar-refractivity contribution in [1.82, 2.24) is 15.0 Å². The third kappa shape index (κ3) is 4.46. The second-order valence-corrected chi connectivity index (χ2v) is 8.84. The van der Waals surface area contributed by atoms with E-state index >= 15 is 0 Å². The van der Waals surface area contributed by atoms with Crippen molar-refractivity contribution in [3.05, 3.63) is 75.5 Å². The molecule has 6 nitrogen and oxygen atoms in total. The maximum Gasteiger partial charge on any atom is 0.419 e. The van der Waals surface area contributed by atoms with Gasteiger partial charge >= 0.3 is 11.9 Å². The van der Waals surface area contributed by atoms with E-state index in [1.54, 1.807) is 0 Å². The maximum atomic E-state index is 13.4. The van der Waals surface area contributed by atoms with Crippen LogP contribution in [-0.4, -0.2) is 21.5 Å². The van der Waals surface area contributed by atoms with Gasteiger partial charge in [-0.2, -0.15) is 18.2 Å². The van der Waals surface area contributed by atoms with E-state index in [0.29, 0.717) is 24.5 Å². The van der Waals surface area contributed by atoms with Gasteiger partial charge in [0.05, 0.1) is 12.1 Å². The van der Waals surface area contributed by atoms with E-state index < -0.39 is 17.4 Å². The molecule has 0 saturated heterocycles. The Bertz CT molecular complexity index is 1180. The number of nitrogens with one attached hydrogen (secondary N) is 2. The molecule has 2 N–H and O–H groups in total. The van der Waals surface area contributed by atoms with Gasteiger partial charge in [0, 0.05) is 29.7 Å².